The predicted molar refractivity (Wildman–Crippen MR) is 84.4 cm³/mol. The minimum absolute atomic E-state index is 0.115. The van der Waals surface area contributed by atoms with Gasteiger partial charge >= 0.3 is 5.97 Å². The molecule has 2 rings (SSSR count). The van der Waals surface area contributed by atoms with Gasteiger partial charge in [0.05, 0.1) is 19.1 Å². The third-order valence-corrected chi connectivity index (χ3v) is 3.52. The molecule has 0 aromatic heterocycles. The van der Waals surface area contributed by atoms with Crippen molar-refractivity contribution in [3.63, 3.8) is 0 Å². The third kappa shape index (κ3) is 4.39. The lowest BCUT2D eigenvalue weighted by Gasteiger charge is -2.19. The van der Waals surface area contributed by atoms with Crippen molar-refractivity contribution in [1.82, 2.24) is 4.90 Å². The lowest BCUT2D eigenvalue weighted by Crippen LogP contribution is -2.28. The number of likely N-dealkylation sites (N-methyl/N-ethyl adjacent to an activating group) is 1. The smallest absolute Gasteiger partial charge is 0.338 e. The van der Waals surface area contributed by atoms with E-state index in [0.29, 0.717) is 17.7 Å². The largest absolute Gasteiger partial charge is 0.465 e. The number of esters is 1. The number of halogens is 1. The molecular formula is C18H18FNO3. The fourth-order valence-corrected chi connectivity index (χ4v) is 2.22. The SMILES string of the molecule is COC(=O)c1ccccc1CN(C)C(=O)Cc1ccc(F)cc1. The van der Waals surface area contributed by atoms with E-state index in [2.05, 4.69) is 0 Å². The molecule has 4 nitrogen and oxygen atoms in total. The molecule has 5 heteroatoms. The Labute approximate surface area is 134 Å². The number of carbonyl (C=O) groups is 2. The lowest BCUT2D eigenvalue weighted by molar-refractivity contribution is -0.129. The zero-order valence-corrected chi connectivity index (χ0v) is 13.1. The van der Waals surface area contributed by atoms with E-state index in [9.17, 15) is 14.0 Å². The first kappa shape index (κ1) is 16.7. The highest BCUT2D eigenvalue weighted by molar-refractivity contribution is 5.91. The normalized spacial score (nSPS) is 10.2. The molecule has 0 N–H and O–H groups in total. The van der Waals surface area contributed by atoms with Crippen LogP contribution >= 0.6 is 0 Å². The van der Waals surface area contributed by atoms with Gasteiger partial charge in [-0.25, -0.2) is 9.18 Å². The summed E-state index contributed by atoms with van der Waals surface area (Å²) >= 11 is 0. The van der Waals surface area contributed by atoms with Gasteiger partial charge in [-0.2, -0.15) is 0 Å². The summed E-state index contributed by atoms with van der Waals surface area (Å²) in [4.78, 5) is 25.5. The van der Waals surface area contributed by atoms with Crippen LogP contribution in [0.4, 0.5) is 4.39 Å². The molecule has 0 aliphatic carbocycles. The molecule has 23 heavy (non-hydrogen) atoms. The Morgan fingerprint density at radius 1 is 1.09 bits per heavy atom. The van der Waals surface area contributed by atoms with Gasteiger partial charge in [0.25, 0.3) is 0 Å². The van der Waals surface area contributed by atoms with Crippen molar-refractivity contribution in [1.29, 1.82) is 0 Å². The van der Waals surface area contributed by atoms with Crippen molar-refractivity contribution in [3.05, 3.63) is 71.0 Å². The van der Waals surface area contributed by atoms with Crippen LogP contribution in [-0.2, 0) is 22.5 Å². The van der Waals surface area contributed by atoms with Crippen molar-refractivity contribution >= 4 is 11.9 Å². The Hall–Kier alpha value is -2.69. The zero-order valence-electron chi connectivity index (χ0n) is 13.1. The number of ether oxygens (including phenoxy) is 1. The Morgan fingerprint density at radius 2 is 1.74 bits per heavy atom. The molecule has 2 aromatic rings. The van der Waals surface area contributed by atoms with Gasteiger partial charge < -0.3 is 9.64 Å². The summed E-state index contributed by atoms with van der Waals surface area (Å²) in [6.45, 7) is 0.297. The molecule has 0 fully saturated rings. The van der Waals surface area contributed by atoms with Crippen LogP contribution in [0.25, 0.3) is 0 Å². The molecule has 0 spiro atoms. The molecule has 0 bridgehead atoms. The van der Waals surface area contributed by atoms with Crippen molar-refractivity contribution in [2.45, 2.75) is 13.0 Å². The van der Waals surface area contributed by atoms with Crippen molar-refractivity contribution in [2.75, 3.05) is 14.2 Å². The van der Waals surface area contributed by atoms with Crippen LogP contribution in [0.2, 0.25) is 0 Å². The van der Waals surface area contributed by atoms with Gasteiger partial charge in [-0.05, 0) is 29.3 Å². The van der Waals surface area contributed by atoms with Crippen LogP contribution in [0.3, 0.4) is 0 Å². The highest BCUT2D eigenvalue weighted by atomic mass is 19.1. The van der Waals surface area contributed by atoms with Gasteiger partial charge in [-0.1, -0.05) is 30.3 Å². The minimum Gasteiger partial charge on any atom is -0.465 e. The summed E-state index contributed by atoms with van der Waals surface area (Å²) in [5.41, 5.74) is 1.90. The van der Waals surface area contributed by atoms with E-state index in [-0.39, 0.29) is 18.1 Å². The molecule has 0 unspecified atom stereocenters. The van der Waals surface area contributed by atoms with Gasteiger partial charge in [0, 0.05) is 13.6 Å². The first-order chi connectivity index (χ1) is 11.0. The van der Waals surface area contributed by atoms with Crippen LogP contribution in [-0.4, -0.2) is 30.9 Å². The number of hydrogen-bond acceptors (Lipinski definition) is 3. The average molecular weight is 315 g/mol. The predicted octanol–water partition coefficient (Wildman–Crippen LogP) is 2.81. The number of rotatable bonds is 5. The molecular weight excluding hydrogens is 297 g/mol. The molecule has 0 aliphatic rings. The second-order valence-electron chi connectivity index (χ2n) is 5.20. The van der Waals surface area contributed by atoms with Crippen molar-refractivity contribution in [2.24, 2.45) is 0 Å². The molecule has 0 atom stereocenters. The molecule has 0 saturated heterocycles. The van der Waals surface area contributed by atoms with E-state index in [1.807, 2.05) is 0 Å². The summed E-state index contributed by atoms with van der Waals surface area (Å²) in [7, 11) is 2.99. The van der Waals surface area contributed by atoms with Crippen LogP contribution in [0.5, 0.6) is 0 Å². The molecule has 120 valence electrons. The van der Waals surface area contributed by atoms with Gasteiger partial charge in [0.15, 0.2) is 0 Å². The summed E-state index contributed by atoms with van der Waals surface area (Å²) in [5, 5.41) is 0. The number of hydrogen-bond donors (Lipinski definition) is 0. The van der Waals surface area contributed by atoms with Crippen LogP contribution in [0.1, 0.15) is 21.5 Å². The Morgan fingerprint density at radius 3 is 2.39 bits per heavy atom. The Bertz CT molecular complexity index is 698. The van der Waals surface area contributed by atoms with Gasteiger partial charge in [-0.3, -0.25) is 4.79 Å². The standard InChI is InChI=1S/C18H18FNO3/c1-20(17(21)11-13-7-9-15(19)10-8-13)12-14-5-3-4-6-16(14)18(22)23-2/h3-10H,11-12H2,1-2H3. The second-order valence-corrected chi connectivity index (χ2v) is 5.20. The second kappa shape index (κ2) is 7.54. The van der Waals surface area contributed by atoms with E-state index in [1.165, 1.54) is 24.1 Å². The Kier molecular flexibility index (Phi) is 5.46. The van der Waals surface area contributed by atoms with Crippen molar-refractivity contribution < 1.29 is 18.7 Å². The molecule has 0 radical (unpaired) electrons. The van der Waals surface area contributed by atoms with Crippen LogP contribution in [0.15, 0.2) is 48.5 Å². The average Bonchev–Trinajstić information content (AvgIpc) is 2.56. The fourth-order valence-electron chi connectivity index (χ4n) is 2.22. The Balaban J connectivity index is 2.06. The van der Waals surface area contributed by atoms with E-state index >= 15 is 0 Å². The number of benzene rings is 2. The van der Waals surface area contributed by atoms with E-state index in [4.69, 9.17) is 4.74 Å². The molecule has 1 amide bonds. The van der Waals surface area contributed by atoms with Crippen LogP contribution < -0.4 is 0 Å². The maximum atomic E-state index is 12.9. The van der Waals surface area contributed by atoms with E-state index in [1.54, 1.807) is 43.4 Å². The third-order valence-electron chi connectivity index (χ3n) is 3.52. The molecule has 2 aromatic carbocycles. The highest BCUT2D eigenvalue weighted by Gasteiger charge is 2.15. The number of nitrogens with zero attached hydrogens (tertiary/aromatic N) is 1. The maximum Gasteiger partial charge on any atom is 0.338 e. The minimum atomic E-state index is -0.431. The summed E-state index contributed by atoms with van der Waals surface area (Å²) in [5.74, 6) is -0.877. The number of methoxy groups -OCH3 is 1. The van der Waals surface area contributed by atoms with Gasteiger partial charge in [-0.15, -0.1) is 0 Å². The molecule has 0 aliphatic heterocycles. The van der Waals surface area contributed by atoms with Crippen LogP contribution in [0, 0.1) is 5.82 Å². The zero-order chi connectivity index (χ0) is 16.8. The van der Waals surface area contributed by atoms with Gasteiger partial charge in [0.2, 0.25) is 5.91 Å². The first-order valence-corrected chi connectivity index (χ1v) is 7.16. The fraction of sp³-hybridized carbons (Fsp3) is 0.222. The quantitative estimate of drug-likeness (QED) is 0.797. The number of carbonyl (C=O) groups excluding carboxylic acids is 2. The van der Waals surface area contributed by atoms with Gasteiger partial charge in [0.1, 0.15) is 5.82 Å². The molecule has 0 heterocycles. The first-order valence-electron chi connectivity index (χ1n) is 7.16. The maximum absolute atomic E-state index is 12.9. The lowest BCUT2D eigenvalue weighted by atomic mass is 10.1. The monoisotopic (exact) mass is 315 g/mol. The molecule has 0 saturated carbocycles. The van der Waals surface area contributed by atoms with E-state index in [0.717, 1.165) is 5.56 Å². The summed E-state index contributed by atoms with van der Waals surface area (Å²) < 4.78 is 17.6. The topological polar surface area (TPSA) is 46.6 Å². The summed E-state index contributed by atoms with van der Waals surface area (Å²) in [6, 6.07) is 12.8. The van der Waals surface area contributed by atoms with E-state index < -0.39 is 5.97 Å². The number of amides is 1. The summed E-state index contributed by atoms with van der Waals surface area (Å²) in [6.07, 6.45) is 0.178. The van der Waals surface area contributed by atoms with Crippen molar-refractivity contribution in [3.8, 4) is 0 Å². The highest BCUT2D eigenvalue weighted by Crippen LogP contribution is 2.13.